The van der Waals surface area contributed by atoms with Crippen molar-refractivity contribution in [1.29, 1.82) is 0 Å². The fourth-order valence-electron chi connectivity index (χ4n) is 3.10. The Bertz CT molecular complexity index is 473. The van der Waals surface area contributed by atoms with Crippen LogP contribution in [0, 0.1) is 0 Å². The summed E-state index contributed by atoms with van der Waals surface area (Å²) >= 11 is 0. The Labute approximate surface area is 123 Å². The topological polar surface area (TPSA) is 45.9 Å². The third-order valence-corrected chi connectivity index (χ3v) is 4.19. The van der Waals surface area contributed by atoms with Crippen molar-refractivity contribution >= 4 is 5.91 Å². The Morgan fingerprint density at radius 2 is 2.14 bits per heavy atom. The summed E-state index contributed by atoms with van der Waals surface area (Å²) in [6, 6.07) is 1.87. The summed E-state index contributed by atoms with van der Waals surface area (Å²) < 4.78 is 25.4. The second-order valence-electron chi connectivity index (χ2n) is 5.82. The van der Waals surface area contributed by atoms with E-state index in [-0.39, 0.29) is 12.5 Å². The lowest BCUT2D eigenvalue weighted by Crippen LogP contribution is -2.57. The molecule has 1 atom stereocenters. The van der Waals surface area contributed by atoms with E-state index in [2.05, 4.69) is 0 Å². The van der Waals surface area contributed by atoms with Gasteiger partial charge in [0.1, 0.15) is 0 Å². The maximum Gasteiger partial charge on any atom is 0.261 e. The van der Waals surface area contributed by atoms with Crippen LogP contribution in [0.5, 0.6) is 0 Å². The van der Waals surface area contributed by atoms with Crippen molar-refractivity contribution in [2.24, 2.45) is 0 Å². The molecule has 3 heterocycles. The predicted octanol–water partition coefficient (Wildman–Crippen LogP) is 1.44. The molecule has 21 heavy (non-hydrogen) atoms. The largest absolute Gasteiger partial charge is 0.472 e. The first-order chi connectivity index (χ1) is 10.2. The van der Waals surface area contributed by atoms with Gasteiger partial charge in [0.25, 0.3) is 5.91 Å². The lowest BCUT2D eigenvalue weighted by Gasteiger charge is -2.39. The Balaban J connectivity index is 1.64. The Morgan fingerprint density at radius 3 is 2.86 bits per heavy atom. The Kier molecular flexibility index (Phi) is 4.26. The molecule has 1 aromatic heterocycles. The molecule has 5 nitrogen and oxygen atoms in total. The highest BCUT2D eigenvalue weighted by Gasteiger charge is 2.45. The molecular formula is C15H21FN2O3. The van der Waals surface area contributed by atoms with Gasteiger partial charge >= 0.3 is 0 Å². The van der Waals surface area contributed by atoms with Crippen LogP contribution in [-0.4, -0.2) is 60.8 Å². The number of furan rings is 1. The zero-order valence-corrected chi connectivity index (χ0v) is 12.1. The van der Waals surface area contributed by atoms with Crippen molar-refractivity contribution in [3.05, 3.63) is 24.2 Å². The van der Waals surface area contributed by atoms with Gasteiger partial charge in [-0.25, -0.2) is 4.39 Å². The van der Waals surface area contributed by atoms with Gasteiger partial charge in [-0.3, -0.25) is 9.69 Å². The zero-order valence-electron chi connectivity index (χ0n) is 12.1. The minimum absolute atomic E-state index is 0.161. The molecular weight excluding hydrogens is 275 g/mol. The number of ether oxygens (including phenoxy) is 1. The number of alkyl halides is 1. The second kappa shape index (κ2) is 6.15. The fourth-order valence-corrected chi connectivity index (χ4v) is 3.10. The quantitative estimate of drug-likeness (QED) is 0.847. The maximum atomic E-state index is 15.1. The van der Waals surface area contributed by atoms with Crippen molar-refractivity contribution in [2.75, 3.05) is 39.4 Å². The molecule has 0 aliphatic carbocycles. The normalized spacial score (nSPS) is 27.8. The predicted molar refractivity (Wildman–Crippen MR) is 74.5 cm³/mol. The lowest BCUT2D eigenvalue weighted by atomic mass is 9.92. The third-order valence-electron chi connectivity index (χ3n) is 4.19. The van der Waals surface area contributed by atoms with E-state index in [1.807, 2.05) is 11.0 Å². The number of carbonyl (C=O) groups excluding carboxylic acids is 1. The van der Waals surface area contributed by atoms with Gasteiger partial charge in [-0.2, -0.15) is 0 Å². The number of morpholine rings is 1. The monoisotopic (exact) mass is 296 g/mol. The highest BCUT2D eigenvalue weighted by atomic mass is 19.1. The van der Waals surface area contributed by atoms with E-state index in [0.717, 1.165) is 12.1 Å². The van der Waals surface area contributed by atoms with Crippen LogP contribution in [0.25, 0.3) is 0 Å². The summed E-state index contributed by atoms with van der Waals surface area (Å²) in [5.41, 5.74) is -0.752. The van der Waals surface area contributed by atoms with Crippen LogP contribution in [-0.2, 0) is 16.1 Å². The summed E-state index contributed by atoms with van der Waals surface area (Å²) in [5.74, 6) is -0.373. The van der Waals surface area contributed by atoms with Crippen LogP contribution in [0.1, 0.15) is 18.4 Å². The molecule has 0 aromatic carbocycles. The summed E-state index contributed by atoms with van der Waals surface area (Å²) in [6.45, 7) is 3.58. The highest BCUT2D eigenvalue weighted by Crippen LogP contribution is 2.29. The third kappa shape index (κ3) is 3.27. The van der Waals surface area contributed by atoms with E-state index in [1.165, 1.54) is 0 Å². The van der Waals surface area contributed by atoms with Gasteiger partial charge < -0.3 is 14.1 Å². The van der Waals surface area contributed by atoms with Crippen LogP contribution in [0.3, 0.4) is 0 Å². The van der Waals surface area contributed by atoms with Crippen molar-refractivity contribution in [2.45, 2.75) is 25.1 Å². The smallest absolute Gasteiger partial charge is 0.261 e. The van der Waals surface area contributed by atoms with Crippen molar-refractivity contribution in [3.8, 4) is 0 Å². The number of piperidine rings is 1. The number of hydrogen-bond donors (Lipinski definition) is 0. The Morgan fingerprint density at radius 1 is 1.33 bits per heavy atom. The molecule has 1 unspecified atom stereocenters. The first kappa shape index (κ1) is 14.5. The van der Waals surface area contributed by atoms with E-state index in [4.69, 9.17) is 9.15 Å². The molecule has 1 aromatic rings. The number of nitrogens with zero attached hydrogens (tertiary/aromatic N) is 2. The van der Waals surface area contributed by atoms with Crippen LogP contribution >= 0.6 is 0 Å². The molecule has 3 rings (SSSR count). The molecule has 0 radical (unpaired) electrons. The molecule has 2 fully saturated rings. The molecule has 116 valence electrons. The van der Waals surface area contributed by atoms with Gasteiger partial charge in [0.15, 0.2) is 0 Å². The molecule has 1 amide bonds. The van der Waals surface area contributed by atoms with E-state index in [9.17, 15) is 4.79 Å². The van der Waals surface area contributed by atoms with Crippen LogP contribution in [0.15, 0.2) is 23.0 Å². The summed E-state index contributed by atoms with van der Waals surface area (Å²) in [5, 5.41) is 0. The number of amides is 1. The fraction of sp³-hybridized carbons (Fsp3) is 0.667. The van der Waals surface area contributed by atoms with Gasteiger partial charge in [0, 0.05) is 31.7 Å². The van der Waals surface area contributed by atoms with E-state index in [0.29, 0.717) is 45.7 Å². The number of rotatable bonds is 3. The van der Waals surface area contributed by atoms with Crippen LogP contribution < -0.4 is 0 Å². The molecule has 0 saturated carbocycles. The number of hydrogen-bond acceptors (Lipinski definition) is 4. The minimum Gasteiger partial charge on any atom is -0.472 e. The van der Waals surface area contributed by atoms with Gasteiger partial charge in [-0.15, -0.1) is 0 Å². The molecule has 6 heteroatoms. The second-order valence-corrected chi connectivity index (χ2v) is 5.82. The summed E-state index contributed by atoms with van der Waals surface area (Å²) in [4.78, 5) is 16.1. The van der Waals surface area contributed by atoms with Gasteiger partial charge in [0.2, 0.25) is 5.67 Å². The maximum absolute atomic E-state index is 15.1. The van der Waals surface area contributed by atoms with Gasteiger partial charge in [0.05, 0.1) is 25.7 Å². The highest BCUT2D eigenvalue weighted by molar-refractivity contribution is 5.85. The van der Waals surface area contributed by atoms with E-state index in [1.54, 1.807) is 17.4 Å². The average molecular weight is 296 g/mol. The first-order valence-corrected chi connectivity index (χ1v) is 7.47. The zero-order chi connectivity index (χ0) is 14.7. The van der Waals surface area contributed by atoms with E-state index < -0.39 is 5.67 Å². The number of halogens is 1. The molecule has 0 spiro atoms. The summed E-state index contributed by atoms with van der Waals surface area (Å²) in [6.07, 6.45) is 4.29. The van der Waals surface area contributed by atoms with Crippen LogP contribution in [0.2, 0.25) is 0 Å². The van der Waals surface area contributed by atoms with Crippen molar-refractivity contribution in [1.82, 2.24) is 9.80 Å². The standard InChI is InChI=1S/C15H21FN2O3/c16-15(14(19)18-5-8-20-9-6-18)3-1-4-17(12-15)10-13-2-7-21-11-13/h2,7,11H,1,3-6,8-10,12H2. The molecule has 2 aliphatic heterocycles. The Hall–Kier alpha value is -1.40. The number of carbonyl (C=O) groups is 1. The molecule has 2 saturated heterocycles. The minimum atomic E-state index is -1.76. The number of likely N-dealkylation sites (tertiary alicyclic amines) is 1. The SMILES string of the molecule is O=C(N1CCOCC1)C1(F)CCCN(Cc2ccoc2)C1. The molecule has 0 bridgehead atoms. The van der Waals surface area contributed by atoms with Crippen molar-refractivity contribution < 1.29 is 18.3 Å². The van der Waals surface area contributed by atoms with Crippen LogP contribution in [0.4, 0.5) is 4.39 Å². The van der Waals surface area contributed by atoms with Gasteiger partial charge in [-0.05, 0) is 25.5 Å². The average Bonchev–Trinajstić information content (AvgIpc) is 3.00. The van der Waals surface area contributed by atoms with E-state index >= 15 is 4.39 Å². The molecule has 2 aliphatic rings. The molecule has 0 N–H and O–H groups in total. The van der Waals surface area contributed by atoms with Crippen molar-refractivity contribution in [3.63, 3.8) is 0 Å². The lowest BCUT2D eigenvalue weighted by molar-refractivity contribution is -0.152. The summed E-state index contributed by atoms with van der Waals surface area (Å²) in [7, 11) is 0. The van der Waals surface area contributed by atoms with Gasteiger partial charge in [-0.1, -0.05) is 0 Å². The first-order valence-electron chi connectivity index (χ1n) is 7.47.